The van der Waals surface area contributed by atoms with Gasteiger partial charge in [-0.15, -0.1) is 6.58 Å². The Morgan fingerprint density at radius 1 is 1.40 bits per heavy atom. The van der Waals surface area contributed by atoms with Gasteiger partial charge in [-0.2, -0.15) is 0 Å². The van der Waals surface area contributed by atoms with Crippen molar-refractivity contribution in [3.63, 3.8) is 0 Å². The first-order valence-corrected chi connectivity index (χ1v) is 9.93. The highest BCUT2D eigenvalue weighted by Gasteiger charge is 2.21. The van der Waals surface area contributed by atoms with Crippen LogP contribution in [0.15, 0.2) is 88.8 Å². The minimum absolute atomic E-state index is 0.225. The summed E-state index contributed by atoms with van der Waals surface area (Å²) in [5, 5.41) is 0.619. The third-order valence-corrected chi connectivity index (χ3v) is 5.11. The van der Waals surface area contributed by atoms with Crippen LogP contribution >= 0.6 is 11.6 Å². The first kappa shape index (κ1) is 21.3. The molecule has 1 aliphatic rings. The first-order valence-electron chi connectivity index (χ1n) is 9.55. The maximum atomic E-state index is 11.8. The number of carbonyl (C=O) groups is 1. The first-order chi connectivity index (χ1) is 14.5. The summed E-state index contributed by atoms with van der Waals surface area (Å²) in [6.45, 7) is 6.50. The van der Waals surface area contributed by atoms with Crippen LogP contribution in [0.5, 0.6) is 0 Å². The molecule has 1 heterocycles. The number of imidazole rings is 1. The molecular formula is C23H24ClN5O. The van der Waals surface area contributed by atoms with Crippen LogP contribution in [0.2, 0.25) is 0 Å². The lowest BCUT2D eigenvalue weighted by Crippen LogP contribution is -2.38. The molecular weight excluding hydrogens is 398 g/mol. The van der Waals surface area contributed by atoms with E-state index < -0.39 is 0 Å². The summed E-state index contributed by atoms with van der Waals surface area (Å²) >= 11 is 6.32. The topological polar surface area (TPSA) is 76.5 Å². The van der Waals surface area contributed by atoms with Crippen molar-refractivity contribution in [1.29, 1.82) is 0 Å². The van der Waals surface area contributed by atoms with Crippen molar-refractivity contribution >= 4 is 29.7 Å². The Balaban J connectivity index is 2.06. The summed E-state index contributed by atoms with van der Waals surface area (Å²) in [4.78, 5) is 22.7. The molecule has 30 heavy (non-hydrogen) atoms. The monoisotopic (exact) mass is 421 g/mol. The van der Waals surface area contributed by atoms with Crippen LogP contribution in [0, 0.1) is 0 Å². The molecule has 7 heteroatoms. The predicted molar refractivity (Wildman–Crippen MR) is 122 cm³/mol. The standard InChI is InChI=1S/C23H24ClN5O/c1-3-13-28-16-26-22(21(28)15-30)29(14-18-9-5-4-6-10-18)23(25)27-20-12-8-7-11-19(24)17(20)2/h3-7,9-12,15-16H,1,8,13-14H2,2H3,(H2,25,27). The van der Waals surface area contributed by atoms with E-state index in [0.717, 1.165) is 17.4 Å². The highest BCUT2D eigenvalue weighted by molar-refractivity contribution is 6.31. The maximum absolute atomic E-state index is 11.8. The van der Waals surface area contributed by atoms with Crippen molar-refractivity contribution < 1.29 is 4.79 Å². The van der Waals surface area contributed by atoms with Crippen molar-refractivity contribution in [2.75, 3.05) is 4.90 Å². The molecule has 6 nitrogen and oxygen atoms in total. The van der Waals surface area contributed by atoms with Gasteiger partial charge in [-0.1, -0.05) is 60.2 Å². The summed E-state index contributed by atoms with van der Waals surface area (Å²) in [6, 6.07) is 9.81. The number of hydrogen-bond donors (Lipinski definition) is 1. The number of aldehydes is 1. The SMILES string of the molecule is C=CCn1cnc(N(Cc2ccccc2)C(N)=NC2=CCC=CC(Cl)=C2C)c1C=O. The Bertz CT molecular complexity index is 1050. The molecule has 1 aromatic carbocycles. The number of anilines is 1. The van der Waals surface area contributed by atoms with Crippen LogP contribution < -0.4 is 10.6 Å². The summed E-state index contributed by atoms with van der Waals surface area (Å²) in [7, 11) is 0. The number of guanidine groups is 1. The van der Waals surface area contributed by atoms with Gasteiger partial charge in [0, 0.05) is 11.6 Å². The molecule has 2 N–H and O–H groups in total. The zero-order valence-electron chi connectivity index (χ0n) is 16.8. The van der Waals surface area contributed by atoms with Gasteiger partial charge in [0.25, 0.3) is 0 Å². The average molecular weight is 422 g/mol. The van der Waals surface area contributed by atoms with Crippen LogP contribution in [0.4, 0.5) is 5.82 Å². The number of halogens is 1. The van der Waals surface area contributed by atoms with Gasteiger partial charge in [-0.25, -0.2) is 9.98 Å². The van der Waals surface area contributed by atoms with Gasteiger partial charge in [-0.3, -0.25) is 9.69 Å². The highest BCUT2D eigenvalue weighted by Crippen LogP contribution is 2.25. The second kappa shape index (κ2) is 9.89. The van der Waals surface area contributed by atoms with E-state index in [2.05, 4.69) is 16.6 Å². The molecule has 0 radical (unpaired) electrons. The number of aliphatic imine (C=N–C) groups is 1. The number of aromatic nitrogens is 2. The normalized spacial score (nSPS) is 14.3. The minimum Gasteiger partial charge on any atom is -0.369 e. The number of allylic oxidation sites excluding steroid dienone is 6. The summed E-state index contributed by atoms with van der Waals surface area (Å²) in [5.74, 6) is 0.666. The number of benzene rings is 1. The molecule has 1 aliphatic carbocycles. The number of nitrogens with zero attached hydrogens (tertiary/aromatic N) is 4. The van der Waals surface area contributed by atoms with E-state index in [1.165, 1.54) is 0 Å². The fourth-order valence-electron chi connectivity index (χ4n) is 3.09. The molecule has 0 amide bonds. The molecule has 0 unspecified atom stereocenters. The van der Waals surface area contributed by atoms with Gasteiger partial charge in [0.1, 0.15) is 5.69 Å². The highest BCUT2D eigenvalue weighted by atomic mass is 35.5. The van der Waals surface area contributed by atoms with Gasteiger partial charge in [0.2, 0.25) is 5.96 Å². The second-order valence-corrected chi connectivity index (χ2v) is 7.16. The van der Waals surface area contributed by atoms with Gasteiger partial charge in [0.15, 0.2) is 12.1 Å². The Morgan fingerprint density at radius 2 is 2.17 bits per heavy atom. The molecule has 0 atom stereocenters. The van der Waals surface area contributed by atoms with Crippen molar-refractivity contribution in [3.05, 3.63) is 95.1 Å². The number of rotatable bonds is 7. The fraction of sp³-hybridized carbons (Fsp3) is 0.174. The third-order valence-electron chi connectivity index (χ3n) is 4.70. The van der Waals surface area contributed by atoms with E-state index in [4.69, 9.17) is 17.3 Å². The quantitative estimate of drug-likeness (QED) is 0.307. The maximum Gasteiger partial charge on any atom is 0.202 e. The Morgan fingerprint density at radius 3 is 2.87 bits per heavy atom. The largest absolute Gasteiger partial charge is 0.369 e. The van der Waals surface area contributed by atoms with Crippen molar-refractivity contribution in [2.24, 2.45) is 10.7 Å². The van der Waals surface area contributed by atoms with E-state index in [9.17, 15) is 4.79 Å². The lowest BCUT2D eigenvalue weighted by molar-refractivity contribution is 0.111. The number of carbonyl (C=O) groups excluding carboxylic acids is 1. The van der Waals surface area contributed by atoms with Gasteiger partial charge in [0.05, 0.1) is 18.6 Å². The van der Waals surface area contributed by atoms with Gasteiger partial charge < -0.3 is 10.3 Å². The zero-order valence-corrected chi connectivity index (χ0v) is 17.6. The predicted octanol–water partition coefficient (Wildman–Crippen LogP) is 4.56. The molecule has 0 fully saturated rings. The second-order valence-electron chi connectivity index (χ2n) is 6.75. The average Bonchev–Trinajstić information content (AvgIpc) is 3.09. The van der Waals surface area contributed by atoms with Crippen molar-refractivity contribution in [2.45, 2.75) is 26.4 Å². The molecule has 1 aromatic heterocycles. The van der Waals surface area contributed by atoms with E-state index in [1.807, 2.05) is 55.5 Å². The Labute approximate surface area is 181 Å². The summed E-state index contributed by atoms with van der Waals surface area (Å²) in [5.41, 5.74) is 9.40. The van der Waals surface area contributed by atoms with E-state index >= 15 is 0 Å². The lowest BCUT2D eigenvalue weighted by Gasteiger charge is -2.23. The molecule has 2 aromatic rings. The molecule has 0 saturated heterocycles. The zero-order chi connectivity index (χ0) is 21.5. The van der Waals surface area contributed by atoms with Crippen LogP contribution in [-0.2, 0) is 13.1 Å². The molecule has 0 aliphatic heterocycles. The summed E-state index contributed by atoms with van der Waals surface area (Å²) < 4.78 is 1.72. The van der Waals surface area contributed by atoms with Crippen LogP contribution in [0.25, 0.3) is 0 Å². The van der Waals surface area contributed by atoms with Crippen molar-refractivity contribution in [1.82, 2.24) is 9.55 Å². The van der Waals surface area contributed by atoms with E-state index in [-0.39, 0.29) is 5.96 Å². The molecule has 0 saturated carbocycles. The number of nitrogens with two attached hydrogens (primary N) is 1. The summed E-state index contributed by atoms with van der Waals surface area (Å²) in [6.07, 6.45) is 10.6. The van der Waals surface area contributed by atoms with Crippen LogP contribution in [-0.4, -0.2) is 21.8 Å². The van der Waals surface area contributed by atoms with Gasteiger partial charge >= 0.3 is 0 Å². The fourth-order valence-corrected chi connectivity index (χ4v) is 3.28. The lowest BCUT2D eigenvalue weighted by atomic mass is 10.2. The minimum atomic E-state index is 0.225. The smallest absolute Gasteiger partial charge is 0.202 e. The molecule has 0 bridgehead atoms. The van der Waals surface area contributed by atoms with Crippen LogP contribution in [0.1, 0.15) is 29.4 Å². The van der Waals surface area contributed by atoms with E-state index in [1.54, 1.807) is 21.9 Å². The molecule has 0 spiro atoms. The molecule has 154 valence electrons. The Kier molecular flexibility index (Phi) is 7.03. The van der Waals surface area contributed by atoms with Crippen molar-refractivity contribution in [3.8, 4) is 0 Å². The van der Waals surface area contributed by atoms with E-state index in [0.29, 0.717) is 41.8 Å². The number of hydrogen-bond acceptors (Lipinski definition) is 3. The van der Waals surface area contributed by atoms with Crippen LogP contribution in [0.3, 0.4) is 0 Å². The Hall–Kier alpha value is -3.38. The third kappa shape index (κ3) is 4.78. The molecule has 3 rings (SSSR count). The van der Waals surface area contributed by atoms with Gasteiger partial charge in [-0.05, 0) is 30.6 Å².